The first-order chi connectivity index (χ1) is 19.8. The Balaban J connectivity index is 1.51. The molecule has 1 atom stereocenters. The van der Waals surface area contributed by atoms with Crippen LogP contribution in [-0.4, -0.2) is 23.0 Å². The Morgan fingerprint density at radius 3 is 2.29 bits per heavy atom. The topological polar surface area (TPSA) is 87.3 Å². The van der Waals surface area contributed by atoms with E-state index in [1.807, 2.05) is 44.2 Å². The molecule has 41 heavy (non-hydrogen) atoms. The van der Waals surface area contributed by atoms with E-state index in [9.17, 15) is 18.8 Å². The Kier molecular flexibility index (Phi) is 10.1. The average molecular weight is 568 g/mol. The molecule has 6 nitrogen and oxygen atoms in total. The lowest BCUT2D eigenvalue weighted by Crippen LogP contribution is -2.30. The fraction of sp³-hybridized carbons (Fsp3) is 0.121. The number of aryl methyl sites for hydroxylation is 1. The van der Waals surface area contributed by atoms with Crippen molar-refractivity contribution >= 4 is 46.9 Å². The summed E-state index contributed by atoms with van der Waals surface area (Å²) in [5.74, 6) is -1.76. The van der Waals surface area contributed by atoms with Gasteiger partial charge in [0.2, 0.25) is 5.91 Å². The number of benzene rings is 4. The highest BCUT2D eigenvalue weighted by molar-refractivity contribution is 8.00. The lowest BCUT2D eigenvalue weighted by Gasteiger charge is -2.17. The van der Waals surface area contributed by atoms with E-state index in [1.54, 1.807) is 60.7 Å². The van der Waals surface area contributed by atoms with Gasteiger partial charge in [0.15, 0.2) is 0 Å². The number of hydrogen-bond acceptors (Lipinski definition) is 4. The lowest BCUT2D eigenvalue weighted by atomic mass is 10.1. The molecule has 0 spiro atoms. The van der Waals surface area contributed by atoms with Gasteiger partial charge in [-0.25, -0.2) is 4.39 Å². The van der Waals surface area contributed by atoms with Crippen molar-refractivity contribution in [3.63, 3.8) is 0 Å². The zero-order valence-corrected chi connectivity index (χ0v) is 23.5. The van der Waals surface area contributed by atoms with Crippen LogP contribution in [0.25, 0.3) is 6.08 Å². The molecule has 4 aromatic rings. The first-order valence-corrected chi connectivity index (χ1v) is 14.0. The first-order valence-electron chi connectivity index (χ1n) is 13.1. The monoisotopic (exact) mass is 567 g/mol. The maximum atomic E-state index is 14.4. The van der Waals surface area contributed by atoms with E-state index in [0.717, 1.165) is 16.1 Å². The van der Waals surface area contributed by atoms with Gasteiger partial charge < -0.3 is 16.0 Å². The van der Waals surface area contributed by atoms with E-state index >= 15 is 0 Å². The molecule has 0 heterocycles. The Hall–Kier alpha value is -4.69. The van der Waals surface area contributed by atoms with E-state index in [-0.39, 0.29) is 22.4 Å². The lowest BCUT2D eigenvalue weighted by molar-refractivity contribution is -0.116. The molecular weight excluding hydrogens is 537 g/mol. The minimum atomic E-state index is -0.621. The van der Waals surface area contributed by atoms with Crippen molar-refractivity contribution in [1.82, 2.24) is 5.32 Å². The summed E-state index contributed by atoms with van der Waals surface area (Å²) in [7, 11) is 0. The zero-order chi connectivity index (χ0) is 29.2. The van der Waals surface area contributed by atoms with Crippen molar-refractivity contribution in [2.45, 2.75) is 30.4 Å². The molecule has 0 aliphatic heterocycles. The van der Waals surface area contributed by atoms with Crippen LogP contribution in [0.1, 0.15) is 34.8 Å². The van der Waals surface area contributed by atoms with Crippen LogP contribution in [0.3, 0.4) is 0 Å². The number of para-hydroxylation sites is 1. The maximum Gasteiger partial charge on any atom is 0.272 e. The van der Waals surface area contributed by atoms with E-state index in [0.29, 0.717) is 17.7 Å². The van der Waals surface area contributed by atoms with Gasteiger partial charge in [-0.2, -0.15) is 0 Å². The summed E-state index contributed by atoms with van der Waals surface area (Å²) < 4.78 is 14.4. The van der Waals surface area contributed by atoms with Crippen molar-refractivity contribution in [3.8, 4) is 0 Å². The second kappa shape index (κ2) is 14.1. The summed E-state index contributed by atoms with van der Waals surface area (Å²) in [4.78, 5) is 40.0. The van der Waals surface area contributed by atoms with Crippen LogP contribution < -0.4 is 16.0 Å². The number of anilines is 2. The summed E-state index contributed by atoms with van der Waals surface area (Å²) >= 11 is 1.39. The third kappa shape index (κ3) is 8.16. The highest BCUT2D eigenvalue weighted by atomic mass is 32.2. The Labute approximate surface area is 243 Å². The van der Waals surface area contributed by atoms with Gasteiger partial charge in [-0.05, 0) is 67.4 Å². The predicted molar refractivity (Wildman–Crippen MR) is 163 cm³/mol. The Morgan fingerprint density at radius 1 is 0.854 bits per heavy atom. The maximum absolute atomic E-state index is 14.4. The molecule has 0 aliphatic carbocycles. The van der Waals surface area contributed by atoms with Gasteiger partial charge in [0.1, 0.15) is 11.5 Å². The SMILES string of the molecule is CCC(Sc1cccc(NC(=O)/C(=C/c2ccccc2F)NC(=O)c2ccccc2)c1)C(=O)Nc1ccccc1C. The number of halogens is 1. The van der Waals surface area contributed by atoms with E-state index in [2.05, 4.69) is 16.0 Å². The molecule has 0 bridgehead atoms. The summed E-state index contributed by atoms with van der Waals surface area (Å²) in [6, 6.07) is 29.1. The zero-order valence-electron chi connectivity index (χ0n) is 22.7. The number of amides is 3. The fourth-order valence-corrected chi connectivity index (χ4v) is 4.96. The van der Waals surface area contributed by atoms with E-state index in [1.165, 1.54) is 30.0 Å². The van der Waals surface area contributed by atoms with E-state index in [4.69, 9.17) is 0 Å². The van der Waals surface area contributed by atoms with Crippen LogP contribution in [0.2, 0.25) is 0 Å². The van der Waals surface area contributed by atoms with Crippen molar-refractivity contribution < 1.29 is 18.8 Å². The van der Waals surface area contributed by atoms with Gasteiger partial charge >= 0.3 is 0 Å². The minimum Gasteiger partial charge on any atom is -0.325 e. The molecule has 0 aliphatic rings. The second-order valence-electron chi connectivity index (χ2n) is 9.20. The normalized spacial score (nSPS) is 11.8. The molecule has 208 valence electrons. The number of hydrogen-bond donors (Lipinski definition) is 3. The van der Waals surface area contributed by atoms with Crippen LogP contribution in [0.5, 0.6) is 0 Å². The van der Waals surface area contributed by atoms with E-state index < -0.39 is 17.6 Å². The molecule has 0 radical (unpaired) electrons. The minimum absolute atomic E-state index is 0.111. The van der Waals surface area contributed by atoms with Crippen molar-refractivity contribution in [1.29, 1.82) is 0 Å². The molecule has 0 saturated carbocycles. The third-order valence-corrected chi connectivity index (χ3v) is 7.53. The molecule has 3 amide bonds. The fourth-order valence-electron chi connectivity index (χ4n) is 3.95. The van der Waals surface area contributed by atoms with Gasteiger partial charge in [-0.3, -0.25) is 14.4 Å². The average Bonchev–Trinajstić information content (AvgIpc) is 2.98. The number of thioether (sulfide) groups is 1. The Morgan fingerprint density at radius 2 is 1.56 bits per heavy atom. The smallest absolute Gasteiger partial charge is 0.272 e. The molecule has 4 aromatic carbocycles. The summed E-state index contributed by atoms with van der Waals surface area (Å²) in [5, 5.41) is 8.04. The summed E-state index contributed by atoms with van der Waals surface area (Å²) in [6.07, 6.45) is 1.90. The van der Waals surface area contributed by atoms with Crippen molar-refractivity contribution in [2.75, 3.05) is 10.6 Å². The van der Waals surface area contributed by atoms with Crippen LogP contribution in [0.15, 0.2) is 114 Å². The summed E-state index contributed by atoms with van der Waals surface area (Å²) in [5.41, 5.74) is 2.59. The molecular formula is C33H30FN3O3S. The molecule has 3 N–H and O–H groups in total. The molecule has 0 aromatic heterocycles. The highest BCUT2D eigenvalue weighted by Crippen LogP contribution is 2.29. The molecule has 8 heteroatoms. The molecule has 0 saturated heterocycles. The number of carbonyl (C=O) groups excluding carboxylic acids is 3. The second-order valence-corrected chi connectivity index (χ2v) is 10.5. The van der Waals surface area contributed by atoms with Gasteiger partial charge in [0.05, 0.1) is 5.25 Å². The highest BCUT2D eigenvalue weighted by Gasteiger charge is 2.20. The molecule has 0 fully saturated rings. The van der Waals surface area contributed by atoms with Gasteiger partial charge in [-0.1, -0.05) is 67.6 Å². The van der Waals surface area contributed by atoms with Gasteiger partial charge in [0.25, 0.3) is 11.8 Å². The van der Waals surface area contributed by atoms with Crippen LogP contribution >= 0.6 is 11.8 Å². The number of rotatable bonds is 10. The van der Waals surface area contributed by atoms with Gasteiger partial charge in [-0.15, -0.1) is 11.8 Å². The van der Waals surface area contributed by atoms with Crippen LogP contribution in [0.4, 0.5) is 15.8 Å². The van der Waals surface area contributed by atoms with Gasteiger partial charge in [0, 0.05) is 27.4 Å². The third-order valence-electron chi connectivity index (χ3n) is 6.17. The standard InChI is InChI=1S/C33H30FN3O3S/c1-3-30(33(40)36-28-19-10-7-12-22(28)2)41-26-17-11-16-25(21-26)35-32(39)29(20-24-15-8-9-18-27(24)34)37-31(38)23-13-5-4-6-14-23/h4-21,30H,3H2,1-2H3,(H,35,39)(H,36,40)(H,37,38)/b29-20-. The predicted octanol–water partition coefficient (Wildman–Crippen LogP) is 7.05. The van der Waals surface area contributed by atoms with Crippen molar-refractivity contribution in [2.24, 2.45) is 0 Å². The number of carbonyl (C=O) groups is 3. The first kappa shape index (κ1) is 29.3. The molecule has 4 rings (SSSR count). The largest absolute Gasteiger partial charge is 0.325 e. The van der Waals surface area contributed by atoms with Crippen molar-refractivity contribution in [3.05, 3.63) is 131 Å². The number of nitrogens with one attached hydrogen (secondary N) is 3. The summed E-state index contributed by atoms with van der Waals surface area (Å²) in [6.45, 7) is 3.88. The van der Waals surface area contributed by atoms with Crippen LogP contribution in [-0.2, 0) is 9.59 Å². The molecule has 1 unspecified atom stereocenters. The van der Waals surface area contributed by atoms with Crippen LogP contribution in [0, 0.1) is 12.7 Å². The Bertz CT molecular complexity index is 1570. The quantitative estimate of drug-likeness (QED) is 0.142.